The first kappa shape index (κ1) is 28.4. The molecule has 2 saturated heterocycles. The smallest absolute Gasteiger partial charge is 0.401 e. The van der Waals surface area contributed by atoms with E-state index >= 15 is 0 Å². The maximum Gasteiger partial charge on any atom is 0.401 e. The van der Waals surface area contributed by atoms with Crippen molar-refractivity contribution < 1.29 is 32.6 Å². The molecule has 0 bridgehead atoms. The molecule has 2 fully saturated rings. The standard InChI is InChI=1S/C30H36F3N3O4/c1-4-36(22-7-11-35(12-8-22)18-30(31,32)33)26-17-21(15-23(19(26)2)27(37)38)20-5-6-25-24(16-20)29(28(39)34(25)3)9-13-40-14-10-29/h5-6,15-17,22H,4,7-14,18H2,1-3H3,(H,37,38). The maximum atomic E-state index is 13.4. The summed E-state index contributed by atoms with van der Waals surface area (Å²) in [5.41, 5.74) is 4.34. The van der Waals surface area contributed by atoms with Crippen LogP contribution in [0.3, 0.4) is 0 Å². The van der Waals surface area contributed by atoms with Crippen LogP contribution in [-0.4, -0.2) is 80.5 Å². The van der Waals surface area contributed by atoms with E-state index in [2.05, 4.69) is 4.90 Å². The normalized spacial score (nSPS) is 19.8. The lowest BCUT2D eigenvalue weighted by Gasteiger charge is -2.40. The Hall–Kier alpha value is -3.11. The molecule has 10 heteroatoms. The van der Waals surface area contributed by atoms with Crippen LogP contribution in [0.1, 0.15) is 54.1 Å². The molecule has 1 N–H and O–H groups in total. The lowest BCUT2D eigenvalue weighted by Crippen LogP contribution is -2.47. The quantitative estimate of drug-likeness (QED) is 0.522. The summed E-state index contributed by atoms with van der Waals surface area (Å²) in [6.45, 7) is 5.15. The van der Waals surface area contributed by atoms with E-state index in [9.17, 15) is 27.9 Å². The molecule has 2 aromatic carbocycles. The molecule has 5 rings (SSSR count). The van der Waals surface area contributed by atoms with Gasteiger partial charge in [0, 0.05) is 57.3 Å². The molecule has 40 heavy (non-hydrogen) atoms. The summed E-state index contributed by atoms with van der Waals surface area (Å²) < 4.78 is 44.3. The number of ether oxygens (including phenoxy) is 1. The Balaban J connectivity index is 1.52. The molecule has 0 radical (unpaired) electrons. The van der Waals surface area contributed by atoms with Gasteiger partial charge in [-0.3, -0.25) is 9.69 Å². The average Bonchev–Trinajstić information content (AvgIpc) is 3.11. The van der Waals surface area contributed by atoms with Crippen molar-refractivity contribution in [1.82, 2.24) is 4.90 Å². The van der Waals surface area contributed by atoms with Crippen molar-refractivity contribution >= 4 is 23.3 Å². The summed E-state index contributed by atoms with van der Waals surface area (Å²) in [5.74, 6) is -0.971. The Kier molecular flexibility index (Phi) is 7.60. The zero-order valence-electron chi connectivity index (χ0n) is 23.2. The van der Waals surface area contributed by atoms with Gasteiger partial charge in [0.2, 0.25) is 5.91 Å². The Morgan fingerprint density at radius 1 is 1.12 bits per heavy atom. The van der Waals surface area contributed by atoms with Gasteiger partial charge in [-0.2, -0.15) is 13.2 Å². The maximum absolute atomic E-state index is 13.4. The van der Waals surface area contributed by atoms with Gasteiger partial charge in [-0.05, 0) is 86.1 Å². The number of alkyl halides is 3. The number of amides is 1. The number of rotatable bonds is 6. The van der Waals surface area contributed by atoms with Gasteiger partial charge < -0.3 is 19.6 Å². The molecule has 0 aliphatic carbocycles. The van der Waals surface area contributed by atoms with Crippen LogP contribution in [0.2, 0.25) is 0 Å². The van der Waals surface area contributed by atoms with Crippen molar-refractivity contribution in [1.29, 1.82) is 0 Å². The number of carboxylic acid groups (broad SMARTS) is 1. The highest BCUT2D eigenvalue weighted by Crippen LogP contribution is 2.48. The minimum atomic E-state index is -4.23. The van der Waals surface area contributed by atoms with Crippen molar-refractivity contribution in [2.45, 2.75) is 57.2 Å². The SMILES string of the molecule is CCN(c1cc(-c2ccc3c(c2)C2(CCOCC2)C(=O)N3C)cc(C(=O)O)c1C)C1CCN(CC(F)(F)F)CC1. The predicted molar refractivity (Wildman–Crippen MR) is 147 cm³/mol. The van der Waals surface area contributed by atoms with Crippen LogP contribution < -0.4 is 9.80 Å². The monoisotopic (exact) mass is 559 g/mol. The van der Waals surface area contributed by atoms with Crippen LogP contribution in [-0.2, 0) is 14.9 Å². The molecule has 7 nitrogen and oxygen atoms in total. The number of likely N-dealkylation sites (tertiary alicyclic amines) is 1. The third-order valence-electron chi connectivity index (χ3n) is 8.93. The number of anilines is 2. The van der Waals surface area contributed by atoms with Crippen molar-refractivity contribution in [3.05, 3.63) is 47.0 Å². The van der Waals surface area contributed by atoms with Gasteiger partial charge >= 0.3 is 12.1 Å². The fraction of sp³-hybridized carbons (Fsp3) is 0.533. The van der Waals surface area contributed by atoms with E-state index in [1.807, 2.05) is 31.2 Å². The molecule has 3 aliphatic rings. The third-order valence-corrected chi connectivity index (χ3v) is 8.93. The molecule has 3 aliphatic heterocycles. The summed E-state index contributed by atoms with van der Waals surface area (Å²) in [5, 5.41) is 10.1. The van der Waals surface area contributed by atoms with Crippen molar-refractivity contribution in [2.24, 2.45) is 0 Å². The highest BCUT2D eigenvalue weighted by Gasteiger charge is 2.50. The predicted octanol–water partition coefficient (Wildman–Crippen LogP) is 5.24. The fourth-order valence-corrected chi connectivity index (χ4v) is 6.79. The summed E-state index contributed by atoms with van der Waals surface area (Å²) in [6, 6.07) is 9.55. The second kappa shape index (κ2) is 10.7. The van der Waals surface area contributed by atoms with Gasteiger partial charge in [0.1, 0.15) is 0 Å². The number of halogens is 3. The number of likely N-dealkylation sites (N-methyl/N-ethyl adjacent to an activating group) is 1. The first-order valence-electron chi connectivity index (χ1n) is 13.9. The van der Waals surface area contributed by atoms with E-state index in [1.165, 1.54) is 4.90 Å². The van der Waals surface area contributed by atoms with Crippen LogP contribution in [0, 0.1) is 6.92 Å². The Morgan fingerprint density at radius 3 is 2.40 bits per heavy atom. The first-order chi connectivity index (χ1) is 18.9. The van der Waals surface area contributed by atoms with Gasteiger partial charge in [0.05, 0.1) is 17.5 Å². The Labute approximate surface area is 232 Å². The molecule has 1 amide bonds. The number of nitrogens with zero attached hydrogens (tertiary/aromatic N) is 3. The minimum absolute atomic E-state index is 0.00174. The lowest BCUT2D eigenvalue weighted by molar-refractivity contribution is -0.147. The number of carbonyl (C=O) groups excluding carboxylic acids is 1. The zero-order valence-corrected chi connectivity index (χ0v) is 23.2. The number of piperidine rings is 1. The zero-order chi connectivity index (χ0) is 28.8. The van der Waals surface area contributed by atoms with Crippen LogP contribution in [0.5, 0.6) is 0 Å². The molecule has 0 saturated carbocycles. The number of carboxylic acids is 1. The van der Waals surface area contributed by atoms with Gasteiger partial charge in [0.15, 0.2) is 0 Å². The van der Waals surface area contributed by atoms with Gasteiger partial charge in [-0.15, -0.1) is 0 Å². The molecule has 0 aromatic heterocycles. The summed E-state index contributed by atoms with van der Waals surface area (Å²) in [6.07, 6.45) is -1.90. The van der Waals surface area contributed by atoms with E-state index in [0.29, 0.717) is 64.1 Å². The molecular weight excluding hydrogens is 523 g/mol. The molecular formula is C30H36F3N3O4. The van der Waals surface area contributed by atoms with Gasteiger partial charge in [-0.25, -0.2) is 4.79 Å². The number of fused-ring (bicyclic) bond motifs is 2. The molecule has 3 heterocycles. The van der Waals surface area contributed by atoms with E-state index in [4.69, 9.17) is 4.74 Å². The third kappa shape index (κ3) is 5.07. The van der Waals surface area contributed by atoms with Crippen LogP contribution in [0.15, 0.2) is 30.3 Å². The van der Waals surface area contributed by atoms with E-state index in [-0.39, 0.29) is 17.5 Å². The number of carbonyl (C=O) groups is 2. The fourth-order valence-electron chi connectivity index (χ4n) is 6.79. The number of aromatic carboxylic acids is 1. The highest BCUT2D eigenvalue weighted by atomic mass is 19.4. The summed E-state index contributed by atoms with van der Waals surface area (Å²) in [7, 11) is 1.79. The highest BCUT2D eigenvalue weighted by molar-refractivity contribution is 6.08. The van der Waals surface area contributed by atoms with Crippen LogP contribution in [0.4, 0.5) is 24.5 Å². The number of benzene rings is 2. The number of hydrogen-bond acceptors (Lipinski definition) is 5. The van der Waals surface area contributed by atoms with E-state index in [1.54, 1.807) is 24.9 Å². The topological polar surface area (TPSA) is 73.3 Å². The van der Waals surface area contributed by atoms with Crippen molar-refractivity contribution in [2.75, 3.05) is 56.2 Å². The second-order valence-electron chi connectivity index (χ2n) is 11.2. The molecule has 2 aromatic rings. The van der Waals surface area contributed by atoms with Crippen molar-refractivity contribution in [3.8, 4) is 11.1 Å². The van der Waals surface area contributed by atoms with Gasteiger partial charge in [0.25, 0.3) is 0 Å². The molecule has 1 spiro atoms. The Morgan fingerprint density at radius 2 is 1.80 bits per heavy atom. The first-order valence-corrected chi connectivity index (χ1v) is 13.9. The summed E-state index contributed by atoms with van der Waals surface area (Å²) >= 11 is 0. The second-order valence-corrected chi connectivity index (χ2v) is 11.2. The number of hydrogen-bond donors (Lipinski definition) is 1. The van der Waals surface area contributed by atoms with E-state index in [0.717, 1.165) is 28.1 Å². The van der Waals surface area contributed by atoms with Crippen LogP contribution >= 0.6 is 0 Å². The minimum Gasteiger partial charge on any atom is -0.478 e. The largest absolute Gasteiger partial charge is 0.478 e. The molecule has 216 valence electrons. The van der Waals surface area contributed by atoms with E-state index < -0.39 is 24.1 Å². The van der Waals surface area contributed by atoms with Crippen LogP contribution in [0.25, 0.3) is 11.1 Å². The molecule has 0 atom stereocenters. The average molecular weight is 560 g/mol. The van der Waals surface area contributed by atoms with Crippen molar-refractivity contribution in [3.63, 3.8) is 0 Å². The Bertz CT molecular complexity index is 1300. The molecule has 0 unspecified atom stereocenters. The lowest BCUT2D eigenvalue weighted by atomic mass is 9.74. The summed E-state index contributed by atoms with van der Waals surface area (Å²) in [4.78, 5) is 31.0. The van der Waals surface area contributed by atoms with Gasteiger partial charge in [-0.1, -0.05) is 6.07 Å².